The van der Waals surface area contributed by atoms with E-state index in [1.54, 1.807) is 0 Å². The SMILES string of the molecule is COC(=O)c1ccc(NC(=O)C(=O)NC[C@H](c2cccn2C)N(C)C)cc1. The van der Waals surface area contributed by atoms with Gasteiger partial charge in [0.25, 0.3) is 0 Å². The Hall–Kier alpha value is -3.13. The normalized spacial score (nSPS) is 11.7. The highest BCUT2D eigenvalue weighted by atomic mass is 16.5. The molecule has 1 aromatic carbocycles. The third kappa shape index (κ3) is 5.18. The molecule has 0 aliphatic carbocycles. The summed E-state index contributed by atoms with van der Waals surface area (Å²) in [6, 6.07) is 9.92. The van der Waals surface area contributed by atoms with Gasteiger partial charge in [0.05, 0.1) is 18.7 Å². The Morgan fingerprint density at radius 3 is 2.30 bits per heavy atom. The minimum absolute atomic E-state index is 0.0684. The minimum Gasteiger partial charge on any atom is -0.465 e. The van der Waals surface area contributed by atoms with Crippen molar-refractivity contribution in [1.29, 1.82) is 0 Å². The van der Waals surface area contributed by atoms with Crippen LogP contribution in [0, 0.1) is 0 Å². The summed E-state index contributed by atoms with van der Waals surface area (Å²) in [5.74, 6) is -1.97. The maximum atomic E-state index is 12.1. The molecular formula is C19H24N4O4. The maximum Gasteiger partial charge on any atom is 0.337 e. The zero-order valence-corrected chi connectivity index (χ0v) is 15.9. The van der Waals surface area contributed by atoms with E-state index in [0.717, 1.165) is 5.69 Å². The number of benzene rings is 1. The fourth-order valence-electron chi connectivity index (χ4n) is 2.64. The van der Waals surface area contributed by atoms with Crippen LogP contribution < -0.4 is 10.6 Å². The molecule has 0 fully saturated rings. The Balaban J connectivity index is 1.94. The lowest BCUT2D eigenvalue weighted by Gasteiger charge is -2.25. The lowest BCUT2D eigenvalue weighted by Crippen LogP contribution is -2.40. The molecule has 2 rings (SSSR count). The van der Waals surface area contributed by atoms with E-state index < -0.39 is 17.8 Å². The van der Waals surface area contributed by atoms with Crippen molar-refractivity contribution in [3.63, 3.8) is 0 Å². The van der Waals surface area contributed by atoms with Crippen molar-refractivity contribution in [1.82, 2.24) is 14.8 Å². The molecule has 2 aromatic rings. The summed E-state index contributed by atoms with van der Waals surface area (Å²) in [6.07, 6.45) is 1.93. The van der Waals surface area contributed by atoms with Gasteiger partial charge in [-0.3, -0.25) is 14.5 Å². The third-order valence-corrected chi connectivity index (χ3v) is 4.17. The molecule has 1 atom stereocenters. The van der Waals surface area contributed by atoms with E-state index in [-0.39, 0.29) is 6.04 Å². The molecule has 0 unspecified atom stereocenters. The van der Waals surface area contributed by atoms with Crippen LogP contribution in [0.5, 0.6) is 0 Å². The van der Waals surface area contributed by atoms with E-state index in [9.17, 15) is 14.4 Å². The average molecular weight is 372 g/mol. The van der Waals surface area contributed by atoms with E-state index in [2.05, 4.69) is 15.4 Å². The van der Waals surface area contributed by atoms with Gasteiger partial charge in [0.2, 0.25) is 0 Å². The van der Waals surface area contributed by atoms with Gasteiger partial charge in [-0.15, -0.1) is 0 Å². The molecule has 0 radical (unpaired) electrons. The van der Waals surface area contributed by atoms with Crippen LogP contribution in [0.1, 0.15) is 22.1 Å². The molecule has 0 aliphatic heterocycles. The molecule has 1 aromatic heterocycles. The van der Waals surface area contributed by atoms with Crippen LogP contribution in [-0.2, 0) is 21.4 Å². The molecule has 144 valence electrons. The van der Waals surface area contributed by atoms with Gasteiger partial charge in [-0.25, -0.2) is 4.79 Å². The minimum atomic E-state index is -0.773. The Labute approximate surface area is 158 Å². The van der Waals surface area contributed by atoms with Gasteiger partial charge in [0.15, 0.2) is 0 Å². The van der Waals surface area contributed by atoms with Crippen LogP contribution in [0.4, 0.5) is 5.69 Å². The molecule has 2 N–H and O–H groups in total. The molecule has 8 heteroatoms. The van der Waals surface area contributed by atoms with Crippen molar-refractivity contribution in [2.24, 2.45) is 7.05 Å². The Morgan fingerprint density at radius 2 is 1.78 bits per heavy atom. The molecule has 0 saturated carbocycles. The predicted molar refractivity (Wildman–Crippen MR) is 101 cm³/mol. The fourth-order valence-corrected chi connectivity index (χ4v) is 2.64. The number of nitrogens with zero attached hydrogens (tertiary/aromatic N) is 2. The summed E-state index contributed by atoms with van der Waals surface area (Å²) in [7, 11) is 7.04. The number of rotatable bonds is 6. The lowest BCUT2D eigenvalue weighted by molar-refractivity contribution is -0.136. The summed E-state index contributed by atoms with van der Waals surface area (Å²) >= 11 is 0. The summed E-state index contributed by atoms with van der Waals surface area (Å²) in [5.41, 5.74) is 1.80. The summed E-state index contributed by atoms with van der Waals surface area (Å²) in [5, 5.41) is 5.16. The average Bonchev–Trinajstić information content (AvgIpc) is 3.07. The lowest BCUT2D eigenvalue weighted by atomic mass is 10.2. The van der Waals surface area contributed by atoms with Crippen molar-refractivity contribution < 1.29 is 19.1 Å². The van der Waals surface area contributed by atoms with Gasteiger partial charge >= 0.3 is 17.8 Å². The van der Waals surface area contributed by atoms with E-state index in [1.165, 1.54) is 31.4 Å². The Bertz CT molecular complexity index is 811. The number of hydrogen-bond acceptors (Lipinski definition) is 5. The number of carbonyl (C=O) groups excluding carboxylic acids is 3. The summed E-state index contributed by atoms with van der Waals surface area (Å²) in [4.78, 5) is 37.6. The van der Waals surface area contributed by atoms with Crippen LogP contribution >= 0.6 is 0 Å². The van der Waals surface area contributed by atoms with Gasteiger partial charge < -0.3 is 19.9 Å². The number of likely N-dealkylation sites (N-methyl/N-ethyl adjacent to an activating group) is 1. The largest absolute Gasteiger partial charge is 0.465 e. The highest BCUT2D eigenvalue weighted by Gasteiger charge is 2.20. The third-order valence-electron chi connectivity index (χ3n) is 4.17. The number of methoxy groups -OCH3 is 1. The van der Waals surface area contributed by atoms with Crippen LogP contribution in [0.15, 0.2) is 42.6 Å². The van der Waals surface area contributed by atoms with Crippen molar-refractivity contribution in [3.8, 4) is 0 Å². The number of esters is 1. The maximum absolute atomic E-state index is 12.1. The number of hydrogen-bond donors (Lipinski definition) is 2. The molecule has 0 bridgehead atoms. The number of ether oxygens (including phenoxy) is 1. The molecule has 27 heavy (non-hydrogen) atoms. The molecule has 0 saturated heterocycles. The first kappa shape index (κ1) is 20.2. The standard InChI is InChI=1S/C19H24N4O4/c1-22(2)16(15-6-5-11-23(15)3)12-20-17(24)18(25)21-14-9-7-13(8-10-14)19(26)27-4/h5-11,16H,12H2,1-4H3,(H,20,24)(H,21,25)/t16-/m1/s1. The number of nitrogens with one attached hydrogen (secondary N) is 2. The van der Waals surface area contributed by atoms with Crippen molar-refractivity contribution in [3.05, 3.63) is 53.9 Å². The second kappa shape index (κ2) is 9.00. The molecular weight excluding hydrogens is 348 g/mol. The zero-order chi connectivity index (χ0) is 20.0. The van der Waals surface area contributed by atoms with Gasteiger partial charge in [-0.2, -0.15) is 0 Å². The van der Waals surface area contributed by atoms with E-state index in [4.69, 9.17) is 0 Å². The highest BCUT2D eigenvalue weighted by molar-refractivity contribution is 6.39. The number of aromatic nitrogens is 1. The summed E-state index contributed by atoms with van der Waals surface area (Å²) in [6.45, 7) is 0.290. The number of carbonyl (C=O) groups is 3. The Morgan fingerprint density at radius 1 is 1.11 bits per heavy atom. The Kier molecular flexibility index (Phi) is 6.73. The van der Waals surface area contributed by atoms with Gasteiger partial charge in [0.1, 0.15) is 0 Å². The van der Waals surface area contributed by atoms with E-state index in [1.807, 2.05) is 48.9 Å². The predicted octanol–water partition coefficient (Wildman–Crippen LogP) is 1.17. The van der Waals surface area contributed by atoms with Crippen molar-refractivity contribution >= 4 is 23.5 Å². The molecule has 8 nitrogen and oxygen atoms in total. The second-order valence-electron chi connectivity index (χ2n) is 6.26. The number of amides is 2. The smallest absolute Gasteiger partial charge is 0.337 e. The van der Waals surface area contributed by atoms with Crippen LogP contribution in [0.3, 0.4) is 0 Å². The second-order valence-corrected chi connectivity index (χ2v) is 6.26. The first-order valence-corrected chi connectivity index (χ1v) is 8.38. The highest BCUT2D eigenvalue weighted by Crippen LogP contribution is 2.17. The number of anilines is 1. The van der Waals surface area contributed by atoms with Crippen molar-refractivity contribution in [2.45, 2.75) is 6.04 Å². The molecule has 0 spiro atoms. The monoisotopic (exact) mass is 372 g/mol. The fraction of sp³-hybridized carbons (Fsp3) is 0.316. The van der Waals surface area contributed by atoms with Crippen LogP contribution in [0.25, 0.3) is 0 Å². The van der Waals surface area contributed by atoms with Crippen LogP contribution in [-0.4, -0.2) is 55.0 Å². The quantitative estimate of drug-likeness (QED) is 0.587. The van der Waals surface area contributed by atoms with Gasteiger partial charge in [-0.1, -0.05) is 0 Å². The first-order chi connectivity index (χ1) is 12.8. The topological polar surface area (TPSA) is 92.7 Å². The van der Waals surface area contributed by atoms with Gasteiger partial charge in [-0.05, 0) is 50.5 Å². The molecule has 0 aliphatic rings. The van der Waals surface area contributed by atoms with Crippen LogP contribution in [0.2, 0.25) is 0 Å². The van der Waals surface area contributed by atoms with Crippen molar-refractivity contribution in [2.75, 3.05) is 33.1 Å². The molecule has 1 heterocycles. The zero-order valence-electron chi connectivity index (χ0n) is 15.9. The van der Waals surface area contributed by atoms with E-state index >= 15 is 0 Å². The molecule has 2 amide bonds. The summed E-state index contributed by atoms with van der Waals surface area (Å²) < 4.78 is 6.58. The first-order valence-electron chi connectivity index (χ1n) is 8.38. The number of aryl methyl sites for hydroxylation is 1. The van der Waals surface area contributed by atoms with E-state index in [0.29, 0.717) is 17.8 Å². The van der Waals surface area contributed by atoms with Gasteiger partial charge in [0, 0.05) is 31.2 Å².